The van der Waals surface area contributed by atoms with Crippen LogP contribution in [0.2, 0.25) is 0 Å². The SMILES string of the molecule is C.Cc1ccc(-c2nnc(-c3ccc(-c4ccccc4)cc3)o2)cc1. The van der Waals surface area contributed by atoms with Gasteiger partial charge in [-0.1, -0.05) is 67.6 Å². The highest BCUT2D eigenvalue weighted by atomic mass is 16.4. The normalized spacial score (nSPS) is 10.3. The molecule has 3 nitrogen and oxygen atoms in total. The third-order valence-corrected chi connectivity index (χ3v) is 3.96. The summed E-state index contributed by atoms with van der Waals surface area (Å²) < 4.78 is 5.82. The molecule has 1 heterocycles. The van der Waals surface area contributed by atoms with Gasteiger partial charge in [-0.3, -0.25) is 0 Å². The molecule has 4 aromatic rings. The second-order valence-electron chi connectivity index (χ2n) is 5.72. The Kier molecular flexibility index (Phi) is 4.75. The minimum Gasteiger partial charge on any atom is -0.416 e. The number of aryl methyl sites for hydroxylation is 1. The van der Waals surface area contributed by atoms with Gasteiger partial charge in [0.2, 0.25) is 11.8 Å². The van der Waals surface area contributed by atoms with Crippen molar-refractivity contribution in [3.05, 3.63) is 84.4 Å². The molecule has 0 aliphatic carbocycles. The van der Waals surface area contributed by atoms with Gasteiger partial charge in [0, 0.05) is 11.1 Å². The van der Waals surface area contributed by atoms with E-state index in [2.05, 4.69) is 41.4 Å². The molecule has 1 aromatic heterocycles. The van der Waals surface area contributed by atoms with E-state index in [9.17, 15) is 0 Å². The van der Waals surface area contributed by atoms with Gasteiger partial charge in [-0.15, -0.1) is 10.2 Å². The summed E-state index contributed by atoms with van der Waals surface area (Å²) in [4.78, 5) is 0. The van der Waals surface area contributed by atoms with Crippen LogP contribution in [0.25, 0.3) is 34.0 Å². The average molecular weight is 328 g/mol. The van der Waals surface area contributed by atoms with Gasteiger partial charge in [0.05, 0.1) is 0 Å². The van der Waals surface area contributed by atoms with E-state index in [1.165, 1.54) is 11.1 Å². The summed E-state index contributed by atoms with van der Waals surface area (Å²) in [6.45, 7) is 2.05. The Morgan fingerprint density at radius 2 is 1.00 bits per heavy atom. The van der Waals surface area contributed by atoms with Gasteiger partial charge in [0.25, 0.3) is 0 Å². The van der Waals surface area contributed by atoms with Gasteiger partial charge in [0.15, 0.2) is 0 Å². The highest BCUT2D eigenvalue weighted by molar-refractivity contribution is 5.67. The number of rotatable bonds is 3. The van der Waals surface area contributed by atoms with Crippen LogP contribution in [0.1, 0.15) is 13.0 Å². The van der Waals surface area contributed by atoms with Gasteiger partial charge >= 0.3 is 0 Å². The molecule has 0 N–H and O–H groups in total. The first-order valence-electron chi connectivity index (χ1n) is 7.86. The average Bonchev–Trinajstić information content (AvgIpc) is 3.13. The van der Waals surface area contributed by atoms with Crippen LogP contribution >= 0.6 is 0 Å². The summed E-state index contributed by atoms with van der Waals surface area (Å²) in [5, 5.41) is 8.33. The van der Waals surface area contributed by atoms with Crippen LogP contribution in [0.5, 0.6) is 0 Å². The van der Waals surface area contributed by atoms with E-state index < -0.39 is 0 Å². The lowest BCUT2D eigenvalue weighted by molar-refractivity contribution is 0.584. The van der Waals surface area contributed by atoms with Crippen molar-refractivity contribution >= 4 is 0 Å². The van der Waals surface area contributed by atoms with Crippen molar-refractivity contribution < 1.29 is 4.42 Å². The fourth-order valence-corrected chi connectivity index (χ4v) is 2.59. The first-order valence-corrected chi connectivity index (χ1v) is 7.86. The smallest absolute Gasteiger partial charge is 0.248 e. The molecular formula is C22H20N2O. The summed E-state index contributed by atoms with van der Waals surface area (Å²) in [5.74, 6) is 1.07. The van der Waals surface area contributed by atoms with E-state index in [1.54, 1.807) is 0 Å². The molecule has 0 amide bonds. The van der Waals surface area contributed by atoms with Crippen LogP contribution in [0.4, 0.5) is 0 Å². The molecule has 0 aliphatic rings. The Balaban J connectivity index is 0.00000182. The van der Waals surface area contributed by atoms with Crippen LogP contribution in [-0.2, 0) is 0 Å². The number of benzene rings is 3. The van der Waals surface area contributed by atoms with Crippen LogP contribution in [0.3, 0.4) is 0 Å². The Labute approximate surface area is 148 Å². The standard InChI is InChI=1S/C21H16N2O.CH4/c1-15-7-9-18(10-8-15)20-22-23-21(24-20)19-13-11-17(12-14-19)16-5-3-2-4-6-16;/h2-14H,1H3;1H4. The molecule has 0 atom stereocenters. The molecule has 0 fully saturated rings. The van der Waals surface area contributed by atoms with E-state index in [4.69, 9.17) is 4.42 Å². The zero-order chi connectivity index (χ0) is 16.4. The minimum atomic E-state index is 0. The molecule has 4 rings (SSSR count). The zero-order valence-corrected chi connectivity index (χ0v) is 13.3. The molecule has 0 saturated carbocycles. The third kappa shape index (κ3) is 3.50. The number of aromatic nitrogens is 2. The quantitative estimate of drug-likeness (QED) is 0.462. The van der Waals surface area contributed by atoms with E-state index in [-0.39, 0.29) is 7.43 Å². The van der Waals surface area contributed by atoms with Crippen molar-refractivity contribution in [2.45, 2.75) is 14.4 Å². The van der Waals surface area contributed by atoms with Crippen LogP contribution < -0.4 is 0 Å². The molecule has 0 radical (unpaired) electrons. The lowest BCUT2D eigenvalue weighted by Crippen LogP contribution is -1.80. The summed E-state index contributed by atoms with van der Waals surface area (Å²) in [6, 6.07) is 26.5. The van der Waals surface area contributed by atoms with E-state index >= 15 is 0 Å². The Morgan fingerprint density at radius 1 is 0.560 bits per heavy atom. The molecule has 0 saturated heterocycles. The van der Waals surface area contributed by atoms with Gasteiger partial charge in [0.1, 0.15) is 0 Å². The molecule has 0 bridgehead atoms. The maximum absolute atomic E-state index is 5.82. The fourth-order valence-electron chi connectivity index (χ4n) is 2.59. The van der Waals surface area contributed by atoms with Crippen molar-refractivity contribution in [1.82, 2.24) is 10.2 Å². The molecular weight excluding hydrogens is 308 g/mol. The molecule has 0 aliphatic heterocycles. The molecule has 124 valence electrons. The highest BCUT2D eigenvalue weighted by Crippen LogP contribution is 2.26. The Hall–Kier alpha value is -3.20. The maximum atomic E-state index is 5.82. The zero-order valence-electron chi connectivity index (χ0n) is 13.3. The molecule has 25 heavy (non-hydrogen) atoms. The predicted molar refractivity (Wildman–Crippen MR) is 102 cm³/mol. The predicted octanol–water partition coefficient (Wildman–Crippen LogP) is 6.02. The van der Waals surface area contributed by atoms with Gasteiger partial charge in [-0.2, -0.15) is 0 Å². The molecule has 3 heteroatoms. The minimum absolute atomic E-state index is 0. The fraction of sp³-hybridized carbons (Fsp3) is 0.0909. The van der Waals surface area contributed by atoms with Crippen LogP contribution in [-0.4, -0.2) is 10.2 Å². The van der Waals surface area contributed by atoms with Crippen LogP contribution in [0.15, 0.2) is 83.3 Å². The van der Waals surface area contributed by atoms with Gasteiger partial charge < -0.3 is 4.42 Å². The van der Waals surface area contributed by atoms with Gasteiger partial charge in [-0.05, 0) is 42.3 Å². The lowest BCUT2D eigenvalue weighted by atomic mass is 10.0. The topological polar surface area (TPSA) is 38.9 Å². The first kappa shape index (κ1) is 16.7. The van der Waals surface area contributed by atoms with Crippen molar-refractivity contribution in [1.29, 1.82) is 0 Å². The number of nitrogens with zero attached hydrogens (tertiary/aromatic N) is 2. The van der Waals surface area contributed by atoms with Crippen molar-refractivity contribution in [2.75, 3.05) is 0 Å². The van der Waals surface area contributed by atoms with E-state index in [1.807, 2.05) is 54.6 Å². The Morgan fingerprint density at radius 3 is 1.56 bits per heavy atom. The Bertz CT molecular complexity index is 940. The van der Waals surface area contributed by atoms with Crippen molar-refractivity contribution in [3.63, 3.8) is 0 Å². The van der Waals surface area contributed by atoms with Crippen molar-refractivity contribution in [2.24, 2.45) is 0 Å². The highest BCUT2D eigenvalue weighted by Gasteiger charge is 2.10. The van der Waals surface area contributed by atoms with E-state index in [0.717, 1.165) is 16.7 Å². The second kappa shape index (κ2) is 7.14. The first-order chi connectivity index (χ1) is 11.8. The monoisotopic (exact) mass is 328 g/mol. The van der Waals surface area contributed by atoms with Crippen LogP contribution in [0, 0.1) is 6.92 Å². The van der Waals surface area contributed by atoms with E-state index in [0.29, 0.717) is 11.8 Å². The summed E-state index contributed by atoms with van der Waals surface area (Å²) in [7, 11) is 0. The second-order valence-corrected chi connectivity index (χ2v) is 5.72. The van der Waals surface area contributed by atoms with Gasteiger partial charge in [-0.25, -0.2) is 0 Å². The molecule has 3 aromatic carbocycles. The maximum Gasteiger partial charge on any atom is 0.248 e. The number of hydrogen-bond acceptors (Lipinski definition) is 3. The summed E-state index contributed by atoms with van der Waals surface area (Å²) >= 11 is 0. The summed E-state index contributed by atoms with van der Waals surface area (Å²) in [6.07, 6.45) is 0. The van der Waals surface area contributed by atoms with Crippen molar-refractivity contribution in [3.8, 4) is 34.0 Å². The summed E-state index contributed by atoms with van der Waals surface area (Å²) in [5.41, 5.74) is 5.41. The third-order valence-electron chi connectivity index (χ3n) is 3.96. The number of hydrogen-bond donors (Lipinski definition) is 0. The molecule has 0 unspecified atom stereocenters. The molecule has 0 spiro atoms. The largest absolute Gasteiger partial charge is 0.416 e. The lowest BCUT2D eigenvalue weighted by Gasteiger charge is -2.02.